The largest absolute Gasteiger partial charge is 0.489 e. The van der Waals surface area contributed by atoms with Crippen molar-refractivity contribution in [3.63, 3.8) is 0 Å². The van der Waals surface area contributed by atoms with E-state index in [0.717, 1.165) is 18.2 Å². The fraction of sp³-hybridized carbons (Fsp3) is 0.174. The minimum atomic E-state index is -4.56. The summed E-state index contributed by atoms with van der Waals surface area (Å²) in [6.07, 6.45) is -3.05. The molecule has 0 aliphatic heterocycles. The van der Waals surface area contributed by atoms with E-state index in [1.165, 1.54) is 36.5 Å². The van der Waals surface area contributed by atoms with Gasteiger partial charge in [0, 0.05) is 18.3 Å². The molecule has 3 aromatic rings. The van der Waals surface area contributed by atoms with Crippen LogP contribution in [0.1, 0.15) is 37.5 Å². The Morgan fingerprint density at radius 2 is 1.85 bits per heavy atom. The number of halogens is 4. The highest BCUT2D eigenvalue weighted by molar-refractivity contribution is 5.94. The van der Waals surface area contributed by atoms with Crippen molar-refractivity contribution >= 4 is 11.8 Å². The molecule has 172 valence electrons. The number of primary amides is 1. The molecule has 0 saturated heterocycles. The summed E-state index contributed by atoms with van der Waals surface area (Å²) in [5.41, 5.74) is 5.10. The van der Waals surface area contributed by atoms with Crippen molar-refractivity contribution in [1.29, 1.82) is 0 Å². The van der Waals surface area contributed by atoms with E-state index in [1.54, 1.807) is 6.07 Å². The molecule has 0 spiro atoms. The fourth-order valence-electron chi connectivity index (χ4n) is 2.95. The number of carbonyl (C=O) groups is 2. The number of nitrogens with zero attached hydrogens (tertiary/aromatic N) is 1. The number of amides is 2. The van der Waals surface area contributed by atoms with Crippen molar-refractivity contribution in [3.8, 4) is 5.75 Å². The van der Waals surface area contributed by atoms with Gasteiger partial charge in [-0.2, -0.15) is 13.2 Å². The number of hydrogen-bond acceptors (Lipinski definition) is 4. The highest BCUT2D eigenvalue weighted by Crippen LogP contribution is 2.29. The third kappa shape index (κ3) is 6.52. The van der Waals surface area contributed by atoms with Crippen molar-refractivity contribution in [1.82, 2.24) is 10.3 Å². The first kappa shape index (κ1) is 23.7. The van der Waals surface area contributed by atoms with Crippen LogP contribution in [-0.2, 0) is 19.2 Å². The first-order valence-electron chi connectivity index (χ1n) is 9.75. The standard InChI is InChI=1S/C23H19F4N3O3/c24-19-5-4-18(33-13-14-6-8-29-20(10-14)21(28)31)12-15(19)7-9-30-22(32)16-2-1-3-17(11-16)23(25,26)27/h1-6,8,10-12H,7,9,13H2,(H2,28,31)(H,30,32). The second kappa shape index (κ2) is 10.1. The predicted octanol–water partition coefficient (Wildman–Crippen LogP) is 3.89. The van der Waals surface area contributed by atoms with Gasteiger partial charge in [0.1, 0.15) is 23.9 Å². The van der Waals surface area contributed by atoms with Crippen LogP contribution in [0.3, 0.4) is 0 Å². The maximum Gasteiger partial charge on any atom is 0.416 e. The van der Waals surface area contributed by atoms with Gasteiger partial charge in [-0.05, 0) is 66.1 Å². The van der Waals surface area contributed by atoms with Gasteiger partial charge < -0.3 is 15.8 Å². The Morgan fingerprint density at radius 1 is 1.06 bits per heavy atom. The van der Waals surface area contributed by atoms with Gasteiger partial charge >= 0.3 is 6.18 Å². The number of alkyl halides is 3. The quantitative estimate of drug-likeness (QED) is 0.498. The number of benzene rings is 2. The first-order chi connectivity index (χ1) is 15.6. The number of nitrogens with two attached hydrogens (primary N) is 1. The lowest BCUT2D eigenvalue weighted by atomic mass is 10.1. The van der Waals surface area contributed by atoms with Crippen molar-refractivity contribution in [2.75, 3.05) is 6.54 Å². The summed E-state index contributed by atoms with van der Waals surface area (Å²) in [7, 11) is 0. The van der Waals surface area contributed by atoms with Crippen molar-refractivity contribution < 1.29 is 31.9 Å². The third-order valence-corrected chi connectivity index (χ3v) is 4.63. The van der Waals surface area contributed by atoms with E-state index in [-0.39, 0.29) is 36.4 Å². The number of carbonyl (C=O) groups excluding carboxylic acids is 2. The monoisotopic (exact) mass is 461 g/mol. The molecule has 2 amide bonds. The van der Waals surface area contributed by atoms with Crippen LogP contribution in [-0.4, -0.2) is 23.3 Å². The molecule has 3 N–H and O–H groups in total. The van der Waals surface area contributed by atoms with E-state index in [9.17, 15) is 27.2 Å². The molecule has 6 nitrogen and oxygen atoms in total. The summed E-state index contributed by atoms with van der Waals surface area (Å²) >= 11 is 0. The number of hydrogen-bond donors (Lipinski definition) is 2. The maximum absolute atomic E-state index is 14.2. The van der Waals surface area contributed by atoms with Crippen LogP contribution in [0, 0.1) is 5.82 Å². The smallest absolute Gasteiger partial charge is 0.416 e. The van der Waals surface area contributed by atoms with Gasteiger partial charge in [-0.3, -0.25) is 14.6 Å². The predicted molar refractivity (Wildman–Crippen MR) is 111 cm³/mol. The molecule has 10 heteroatoms. The number of pyridine rings is 1. The van der Waals surface area contributed by atoms with Crippen LogP contribution in [0.25, 0.3) is 0 Å². The molecule has 0 unspecified atom stereocenters. The molecule has 0 aliphatic rings. The summed E-state index contributed by atoms with van der Waals surface area (Å²) in [4.78, 5) is 27.2. The molecule has 33 heavy (non-hydrogen) atoms. The maximum atomic E-state index is 14.2. The molecule has 0 radical (unpaired) electrons. The summed E-state index contributed by atoms with van der Waals surface area (Å²) < 4.78 is 58.2. The summed E-state index contributed by atoms with van der Waals surface area (Å²) in [5, 5.41) is 2.48. The molecule has 1 aromatic heterocycles. The van der Waals surface area contributed by atoms with E-state index in [0.29, 0.717) is 11.3 Å². The second-order valence-electron chi connectivity index (χ2n) is 7.04. The molecule has 0 saturated carbocycles. The minimum absolute atomic E-state index is 0.00176. The van der Waals surface area contributed by atoms with E-state index in [4.69, 9.17) is 10.5 Å². The zero-order chi connectivity index (χ0) is 24.0. The number of rotatable bonds is 8. The highest BCUT2D eigenvalue weighted by atomic mass is 19.4. The Morgan fingerprint density at radius 3 is 2.58 bits per heavy atom. The highest BCUT2D eigenvalue weighted by Gasteiger charge is 2.30. The van der Waals surface area contributed by atoms with Gasteiger partial charge in [-0.1, -0.05) is 6.07 Å². The summed E-state index contributed by atoms with van der Waals surface area (Å²) in [6, 6.07) is 11.3. The first-order valence-corrected chi connectivity index (χ1v) is 9.75. The molecule has 0 bridgehead atoms. The van der Waals surface area contributed by atoms with E-state index < -0.39 is 29.4 Å². The Labute approximate surface area is 186 Å². The lowest BCUT2D eigenvalue weighted by molar-refractivity contribution is -0.137. The van der Waals surface area contributed by atoms with Gasteiger partial charge in [0.25, 0.3) is 11.8 Å². The zero-order valence-electron chi connectivity index (χ0n) is 17.2. The van der Waals surface area contributed by atoms with Crippen molar-refractivity contribution in [2.24, 2.45) is 5.73 Å². The van der Waals surface area contributed by atoms with Gasteiger partial charge in [0.2, 0.25) is 0 Å². The van der Waals surface area contributed by atoms with Crippen LogP contribution in [0.15, 0.2) is 60.8 Å². The van der Waals surface area contributed by atoms with Crippen LogP contribution in [0.4, 0.5) is 17.6 Å². The summed E-state index contributed by atoms with van der Waals surface area (Å²) in [5.74, 6) is -1.53. The van der Waals surface area contributed by atoms with E-state index >= 15 is 0 Å². The topological polar surface area (TPSA) is 94.3 Å². The lowest BCUT2D eigenvalue weighted by Crippen LogP contribution is -2.26. The Kier molecular flexibility index (Phi) is 7.27. The number of nitrogens with one attached hydrogen (secondary N) is 1. The zero-order valence-corrected chi connectivity index (χ0v) is 17.2. The SMILES string of the molecule is NC(=O)c1cc(COc2ccc(F)c(CCNC(=O)c3cccc(C(F)(F)F)c3)c2)ccn1. The minimum Gasteiger partial charge on any atom is -0.489 e. The van der Waals surface area contributed by atoms with Gasteiger partial charge in [0.05, 0.1) is 5.56 Å². The van der Waals surface area contributed by atoms with Crippen LogP contribution < -0.4 is 15.8 Å². The molecule has 0 aliphatic carbocycles. The summed E-state index contributed by atoms with van der Waals surface area (Å²) in [6.45, 7) is 0.0853. The molecule has 1 heterocycles. The van der Waals surface area contributed by atoms with E-state index in [2.05, 4.69) is 10.3 Å². The van der Waals surface area contributed by atoms with Crippen LogP contribution in [0.2, 0.25) is 0 Å². The Balaban J connectivity index is 1.58. The molecule has 0 atom stereocenters. The van der Waals surface area contributed by atoms with Gasteiger partial charge in [-0.15, -0.1) is 0 Å². The fourth-order valence-corrected chi connectivity index (χ4v) is 2.95. The van der Waals surface area contributed by atoms with Crippen LogP contribution in [0.5, 0.6) is 5.75 Å². The van der Waals surface area contributed by atoms with E-state index in [1.807, 2.05) is 0 Å². The average Bonchev–Trinajstić information content (AvgIpc) is 2.79. The van der Waals surface area contributed by atoms with Crippen molar-refractivity contribution in [3.05, 3.63) is 94.6 Å². The van der Waals surface area contributed by atoms with Crippen molar-refractivity contribution in [2.45, 2.75) is 19.2 Å². The lowest BCUT2D eigenvalue weighted by Gasteiger charge is -2.11. The number of ether oxygens (including phenoxy) is 1. The Bertz CT molecular complexity index is 1170. The van der Waals surface area contributed by atoms with Gasteiger partial charge in [-0.25, -0.2) is 4.39 Å². The number of aromatic nitrogens is 1. The van der Waals surface area contributed by atoms with Crippen LogP contribution >= 0.6 is 0 Å². The normalized spacial score (nSPS) is 11.2. The van der Waals surface area contributed by atoms with Gasteiger partial charge in [0.15, 0.2) is 0 Å². The molecule has 2 aromatic carbocycles. The molecule has 0 fully saturated rings. The molecule has 3 rings (SSSR count). The molecular weight excluding hydrogens is 442 g/mol. The Hall–Kier alpha value is -3.95. The average molecular weight is 461 g/mol. The molecular formula is C23H19F4N3O3. The second-order valence-corrected chi connectivity index (χ2v) is 7.04. The third-order valence-electron chi connectivity index (χ3n) is 4.63.